The molecule has 1 aliphatic heterocycles. The fourth-order valence-electron chi connectivity index (χ4n) is 14.5. The molecule has 14 amide bonds. The van der Waals surface area contributed by atoms with Crippen molar-refractivity contribution >= 4 is 101 Å². The second kappa shape index (κ2) is 72.9. The lowest BCUT2D eigenvalue weighted by molar-refractivity contribution is -0.148. The molecule has 1 aliphatic rings. The van der Waals surface area contributed by atoms with Gasteiger partial charge < -0.3 is 140 Å². The van der Waals surface area contributed by atoms with E-state index < -0.39 is 202 Å². The number of aliphatic carboxylic acids is 1. The number of carbonyl (C=O) groups is 17. The molecule has 1 unspecified atom stereocenters. The number of Topliss-reactive ketones (excluding diaryl/α,β-unsaturated/α-hetero) is 1. The second-order valence-corrected chi connectivity index (χ2v) is 35.8. The van der Waals surface area contributed by atoms with Gasteiger partial charge in [0, 0.05) is 93.2 Å². The molecule has 0 aromatic heterocycles. The first kappa shape index (κ1) is 126. The van der Waals surface area contributed by atoms with Crippen LogP contribution in [0.1, 0.15) is 146 Å². The molecular weight excluding hydrogens is 1840 g/mol. The third kappa shape index (κ3) is 55.2. The first-order valence-electron chi connectivity index (χ1n) is 47.9. The van der Waals surface area contributed by atoms with Gasteiger partial charge in [0.15, 0.2) is 5.78 Å². The molecule has 0 spiro atoms. The molecule has 1 aromatic rings. The van der Waals surface area contributed by atoms with Gasteiger partial charge in [0.2, 0.25) is 76.8 Å². The molecule has 798 valence electrons. The summed E-state index contributed by atoms with van der Waals surface area (Å²) in [5, 5.41) is 39.8. The van der Waals surface area contributed by atoms with Gasteiger partial charge in [-0.05, 0) is 69.0 Å². The molecule has 1 heterocycles. The number of alkyl carbamates (subject to hydrolysis) is 1. The molecule has 0 bridgehead atoms. The Labute approximate surface area is 822 Å². The van der Waals surface area contributed by atoms with Crippen molar-refractivity contribution in [1.29, 1.82) is 0 Å². The maximum Gasteiger partial charge on any atom is 0.407 e. The minimum atomic E-state index is -1.83. The van der Waals surface area contributed by atoms with Crippen LogP contribution >= 0.6 is 0 Å². The number of nitrogens with zero attached hydrogens (tertiary/aromatic N) is 3. The number of ketones is 1. The Morgan fingerprint density at radius 2 is 1.01 bits per heavy atom. The molecule has 0 radical (unpaired) electrons. The Hall–Kier alpha value is -10.3. The van der Waals surface area contributed by atoms with E-state index in [-0.39, 0.29) is 145 Å². The number of methoxy groups -OCH3 is 3. The summed E-state index contributed by atoms with van der Waals surface area (Å²) in [5.41, 5.74) is 0.657. The number of hydrogen-bond donors (Lipinski definition) is 13. The summed E-state index contributed by atoms with van der Waals surface area (Å²) >= 11 is 0. The van der Waals surface area contributed by atoms with Crippen molar-refractivity contribution in [2.75, 3.05) is 227 Å². The van der Waals surface area contributed by atoms with Gasteiger partial charge in [0.1, 0.15) is 30.8 Å². The van der Waals surface area contributed by atoms with Crippen LogP contribution in [0.3, 0.4) is 0 Å². The number of ether oxygens (including phenoxy) is 13. The highest BCUT2D eigenvalue weighted by Gasteiger charge is 2.44. The quantitative estimate of drug-likeness (QED) is 0.0271. The predicted molar refractivity (Wildman–Crippen MR) is 510 cm³/mol. The highest BCUT2D eigenvalue weighted by molar-refractivity contribution is 5.95. The number of likely N-dealkylation sites (N-methyl/N-ethyl adjacent to an activating group) is 2. The molecule has 0 saturated carbocycles. The summed E-state index contributed by atoms with van der Waals surface area (Å²) in [6, 6.07) is 2.17. The molecular formula is C94H161N15O31. The Kier molecular flexibility index (Phi) is 65.5. The molecule has 0 aliphatic carbocycles. The topological polar surface area (TPSA) is 584 Å². The van der Waals surface area contributed by atoms with Crippen LogP contribution in [0, 0.1) is 35.0 Å². The van der Waals surface area contributed by atoms with E-state index in [0.717, 1.165) is 5.56 Å². The Morgan fingerprint density at radius 3 is 1.54 bits per heavy atom. The Balaban J connectivity index is 1.98. The first-order valence-corrected chi connectivity index (χ1v) is 47.9. The lowest BCUT2D eigenvalue weighted by atomic mass is 9.89. The van der Waals surface area contributed by atoms with E-state index >= 15 is 0 Å². The average Bonchev–Trinajstić information content (AvgIpc) is 1.57. The van der Waals surface area contributed by atoms with Crippen LogP contribution in [0.15, 0.2) is 30.3 Å². The zero-order valence-electron chi connectivity index (χ0n) is 85.1. The molecule has 2 rings (SSSR count). The smallest absolute Gasteiger partial charge is 0.407 e. The van der Waals surface area contributed by atoms with Gasteiger partial charge in [-0.2, -0.15) is 0 Å². The fraction of sp³-hybridized carbons (Fsp3) is 0.755. The van der Waals surface area contributed by atoms with Gasteiger partial charge in [0.25, 0.3) is 0 Å². The van der Waals surface area contributed by atoms with E-state index in [0.29, 0.717) is 98.5 Å². The Bertz CT molecular complexity index is 3880. The molecule has 1 aromatic carbocycles. The summed E-state index contributed by atoms with van der Waals surface area (Å²) in [6.07, 6.45) is -3.07. The maximum atomic E-state index is 14.6. The first-order chi connectivity index (χ1) is 66.6. The van der Waals surface area contributed by atoms with Gasteiger partial charge >= 0.3 is 18.0 Å². The highest BCUT2D eigenvalue weighted by Crippen LogP contribution is 2.30. The third-order valence-electron chi connectivity index (χ3n) is 22.1. The van der Waals surface area contributed by atoms with Crippen molar-refractivity contribution < 1.29 is 148 Å². The number of esters is 1. The second-order valence-electron chi connectivity index (χ2n) is 35.8. The van der Waals surface area contributed by atoms with Crippen molar-refractivity contribution in [3.63, 3.8) is 0 Å². The summed E-state index contributed by atoms with van der Waals surface area (Å²) in [4.78, 5) is 229. The monoisotopic (exact) mass is 2000 g/mol. The SMILES string of the molecule is CC[C@H](C)[C@@H]([C@@H](CC(=O)N1CCC[C@H]1[C@H](OC)[C@@H](C)C(=O)N[C@@H](Cc1ccccc1)C(=O)NCCCOC(=O)[C@H](C)NC(=O)C[C@H](NC(=O)CCNC(=O)OC[C@H](CC(=O)CNC(=O)CNC(=O)CNC(=O)CNC(=O)CCNC(=O)CCOCC(C)(C)C)C(=O)NCCOCCOCCOCCOCCOCCOCCOCCOC)C(=O)O)OC)N(C)C(=O)C(NC(=O)[C@H](C(C)C)N(C)C)C(C)C. The number of carboxylic acids is 1. The summed E-state index contributed by atoms with van der Waals surface area (Å²) < 4.78 is 71.4. The van der Waals surface area contributed by atoms with Gasteiger partial charge in [-0.1, -0.05) is 106 Å². The zero-order valence-corrected chi connectivity index (χ0v) is 85.1. The van der Waals surface area contributed by atoms with Crippen molar-refractivity contribution in [3.05, 3.63) is 35.9 Å². The number of likely N-dealkylation sites (tertiary alicyclic amines) is 1. The van der Waals surface area contributed by atoms with E-state index in [1.807, 2.05) is 81.3 Å². The van der Waals surface area contributed by atoms with Gasteiger partial charge in [-0.3, -0.25) is 72.0 Å². The molecule has 1 saturated heterocycles. The van der Waals surface area contributed by atoms with E-state index in [9.17, 15) is 86.6 Å². The number of carboxylic acid groups (broad SMARTS) is 1. The van der Waals surface area contributed by atoms with Crippen LogP contribution in [0.4, 0.5) is 4.79 Å². The van der Waals surface area contributed by atoms with Crippen molar-refractivity contribution in [3.8, 4) is 0 Å². The van der Waals surface area contributed by atoms with Crippen LogP contribution in [-0.2, 0) is 145 Å². The van der Waals surface area contributed by atoms with E-state index in [1.54, 1.807) is 61.2 Å². The Morgan fingerprint density at radius 1 is 0.486 bits per heavy atom. The van der Waals surface area contributed by atoms with Gasteiger partial charge in [-0.25, -0.2) is 14.4 Å². The minimum absolute atomic E-state index is 0.00951. The number of amides is 14. The molecule has 46 heteroatoms. The number of benzene rings is 1. The third-order valence-corrected chi connectivity index (χ3v) is 22.1. The summed E-state index contributed by atoms with van der Waals surface area (Å²) in [7, 11) is 9.85. The number of carbonyl (C=O) groups excluding carboxylic acids is 16. The number of rotatable bonds is 78. The zero-order chi connectivity index (χ0) is 104. The average molecular weight is 2000 g/mol. The van der Waals surface area contributed by atoms with Crippen molar-refractivity contribution in [1.82, 2.24) is 78.5 Å². The van der Waals surface area contributed by atoms with Gasteiger partial charge in [0.05, 0.1) is 200 Å². The van der Waals surface area contributed by atoms with E-state index in [4.69, 9.17) is 61.6 Å². The molecule has 46 nitrogen and oxygen atoms in total. The van der Waals surface area contributed by atoms with Crippen LogP contribution in [-0.4, -0.2) is 402 Å². The maximum absolute atomic E-state index is 14.6. The fourth-order valence-corrected chi connectivity index (χ4v) is 14.5. The van der Waals surface area contributed by atoms with Crippen molar-refractivity contribution in [2.24, 2.45) is 35.0 Å². The van der Waals surface area contributed by atoms with Crippen LogP contribution in [0.5, 0.6) is 0 Å². The molecule has 1 fully saturated rings. The van der Waals surface area contributed by atoms with Crippen LogP contribution < -0.4 is 63.8 Å². The number of nitrogens with one attached hydrogen (secondary N) is 12. The molecule has 140 heavy (non-hydrogen) atoms. The summed E-state index contributed by atoms with van der Waals surface area (Å²) in [6.45, 7) is 22.6. The minimum Gasteiger partial charge on any atom is -0.480 e. The predicted octanol–water partition coefficient (Wildman–Crippen LogP) is -1.13. The standard InChI is InChI=1S/C94H161N15O31/c1-18-64(6)84(108(14)90(123)82(62(2)3)106-89(122)83(63(4)5)107(12)13)73(129-16)55-81(118)109-34-22-26-72(109)85(130-17)65(7)86(119)105-70(52-67-24-20-19-21-25-67)88(121)96-30-23-35-139-92(126)66(8)103-77(114)54-71(91(124)125)104-76(113)28-32-98-93(127)140-60-68(87(120)97-33-37-131-40-41-133-44-45-135-48-49-137-51-50-136-47-46-134-43-42-132-39-38-128-15)53-69(110)56-99-78(115)58-101-80(117)59-102-79(116)57-100-74(111)27-31-95-75(112)29-36-138-61-94(9,10)11/h19-21,24-25,62-66,68,70-73,82-85H,18,22-23,26-61H2,1-17H3,(H,95,112)(H,96,121)(H,97,120)(H,98,127)(H,99,115)(H,100,111)(H,101,117)(H,102,116)(H,103,114)(H,104,113)(H,105,119)(H,106,122)(H,124,125)/t64-,65+,66-,68-,70-,71-,72-,73+,82?,83-,84-,85+/m0/s1. The lowest BCUT2D eigenvalue weighted by Gasteiger charge is -2.41. The van der Waals surface area contributed by atoms with Crippen LogP contribution in [0.25, 0.3) is 0 Å². The van der Waals surface area contributed by atoms with E-state index in [1.165, 1.54) is 21.1 Å². The number of hydrogen-bond acceptors (Lipinski definition) is 31. The van der Waals surface area contributed by atoms with Crippen molar-refractivity contribution in [2.45, 2.75) is 201 Å². The normalized spacial score (nSPS) is 14.9. The highest BCUT2D eigenvalue weighted by atomic mass is 16.6. The largest absolute Gasteiger partial charge is 0.480 e. The van der Waals surface area contributed by atoms with E-state index in [2.05, 4.69) is 63.8 Å². The van der Waals surface area contributed by atoms with Crippen LogP contribution in [0.2, 0.25) is 0 Å². The van der Waals surface area contributed by atoms with Gasteiger partial charge in [-0.15, -0.1) is 0 Å². The summed E-state index contributed by atoms with van der Waals surface area (Å²) in [5.74, 6) is -13.9. The molecule has 13 N–H and O–H groups in total. The lowest BCUT2D eigenvalue weighted by Crippen LogP contribution is -2.59. The molecule has 12 atom stereocenters.